The molecule has 2 aliphatic carbocycles. The molecule has 6 rings (SSSR count). The number of aryl methyl sites for hydroxylation is 2. The molecule has 210 valence electrons. The third-order valence-electron chi connectivity index (χ3n) is 7.14. The van der Waals surface area contributed by atoms with E-state index in [1.54, 1.807) is 0 Å². The molecule has 4 aromatic rings. The van der Waals surface area contributed by atoms with Crippen LogP contribution < -0.4 is 0 Å². The normalized spacial score (nSPS) is 15.4. The molecule has 0 fully saturated rings. The number of nitrogens with zero attached hydrogens (tertiary/aromatic N) is 5. The first kappa shape index (κ1) is 28.2. The lowest BCUT2D eigenvalue weighted by Crippen LogP contribution is -2.23. The van der Waals surface area contributed by atoms with E-state index in [2.05, 4.69) is 20.1 Å². The maximum absolute atomic E-state index is 9.30. The zero-order valence-corrected chi connectivity index (χ0v) is 23.7. The summed E-state index contributed by atoms with van der Waals surface area (Å²) in [5.74, 6) is 1.43. The predicted octanol–water partition coefficient (Wildman–Crippen LogP) is 6.07. The van der Waals surface area contributed by atoms with E-state index in [0.29, 0.717) is 18.1 Å². The molecule has 8 heteroatoms. The smallest absolute Gasteiger partial charge is 0.159 e. The van der Waals surface area contributed by atoms with E-state index >= 15 is 0 Å². The number of hydrogen-bond donors (Lipinski definition) is 2. The second-order valence-electron chi connectivity index (χ2n) is 11.2. The molecule has 41 heavy (non-hydrogen) atoms. The number of benzene rings is 2. The van der Waals surface area contributed by atoms with Crippen LogP contribution in [0.15, 0.2) is 78.2 Å². The van der Waals surface area contributed by atoms with Gasteiger partial charge < -0.3 is 15.4 Å². The number of aromatic nitrogens is 4. The molecule has 2 heterocycles. The van der Waals surface area contributed by atoms with Crippen LogP contribution in [0.3, 0.4) is 0 Å². The molecule has 0 bridgehead atoms. The van der Waals surface area contributed by atoms with Crippen molar-refractivity contribution in [2.24, 2.45) is 10.6 Å². The van der Waals surface area contributed by atoms with Crippen molar-refractivity contribution in [3.63, 3.8) is 0 Å². The third-order valence-corrected chi connectivity index (χ3v) is 7.14. The van der Waals surface area contributed by atoms with E-state index in [9.17, 15) is 5.11 Å². The van der Waals surface area contributed by atoms with Gasteiger partial charge in [-0.05, 0) is 49.7 Å². The minimum Gasteiger partial charge on any atom is -0.396 e. The topological polar surface area (TPSA) is 117 Å². The average Bonchev–Trinajstić information content (AvgIpc) is 3.02. The molecule has 2 N–H and O–H groups in total. The summed E-state index contributed by atoms with van der Waals surface area (Å²) in [5.41, 5.74) is 7.16. The lowest BCUT2D eigenvalue weighted by Gasteiger charge is -2.21. The first-order valence-electron chi connectivity index (χ1n) is 14.1. The molecular formula is C33H36N6O2. The molecule has 0 unspecified atom stereocenters. The number of hydrogen-bond acceptors (Lipinski definition) is 8. The van der Waals surface area contributed by atoms with Crippen LogP contribution in [0.1, 0.15) is 62.0 Å². The maximum Gasteiger partial charge on any atom is 0.159 e. The molecule has 2 aromatic carbocycles. The maximum atomic E-state index is 9.30. The highest BCUT2D eigenvalue weighted by molar-refractivity contribution is 6.01. The Balaban J connectivity index is 0.000000174. The number of fused-ring (bicyclic) bond motifs is 2. The van der Waals surface area contributed by atoms with Gasteiger partial charge in [0.1, 0.15) is 12.3 Å². The zero-order chi connectivity index (χ0) is 28.7. The number of aliphatic hydroxyl groups excluding tert-OH is 1. The molecule has 2 aromatic heterocycles. The van der Waals surface area contributed by atoms with Crippen molar-refractivity contribution in [1.29, 1.82) is 5.41 Å². The number of oxime groups is 1. The number of aliphatic hydroxyl groups is 1. The van der Waals surface area contributed by atoms with Crippen molar-refractivity contribution in [3.05, 3.63) is 95.6 Å². The van der Waals surface area contributed by atoms with Crippen LogP contribution in [-0.4, -0.2) is 49.7 Å². The van der Waals surface area contributed by atoms with Gasteiger partial charge in [0.15, 0.2) is 11.6 Å². The Morgan fingerprint density at radius 2 is 1.32 bits per heavy atom. The molecule has 0 amide bonds. The van der Waals surface area contributed by atoms with Gasteiger partial charge in [0.25, 0.3) is 0 Å². The summed E-state index contributed by atoms with van der Waals surface area (Å²) in [7, 11) is 0. The summed E-state index contributed by atoms with van der Waals surface area (Å²) in [6.07, 6.45) is 9.47. The van der Waals surface area contributed by atoms with Gasteiger partial charge in [-0.15, -0.1) is 0 Å². The van der Waals surface area contributed by atoms with Crippen molar-refractivity contribution < 1.29 is 9.94 Å². The fraction of sp³-hybridized carbons (Fsp3) is 0.333. The molecule has 0 aliphatic heterocycles. The van der Waals surface area contributed by atoms with Crippen LogP contribution in [0.2, 0.25) is 0 Å². The van der Waals surface area contributed by atoms with Gasteiger partial charge in [0, 0.05) is 28.9 Å². The van der Waals surface area contributed by atoms with Crippen molar-refractivity contribution >= 4 is 11.4 Å². The molecule has 0 saturated heterocycles. The Hall–Kier alpha value is -4.30. The second-order valence-corrected chi connectivity index (χ2v) is 11.2. The van der Waals surface area contributed by atoms with Crippen LogP contribution in [0, 0.1) is 10.8 Å². The summed E-state index contributed by atoms with van der Waals surface area (Å²) < 4.78 is 0. The van der Waals surface area contributed by atoms with E-state index in [4.69, 9.17) is 15.2 Å². The average molecular weight is 549 g/mol. The Morgan fingerprint density at radius 1 is 0.780 bits per heavy atom. The minimum atomic E-state index is -0.303. The second kappa shape index (κ2) is 12.9. The van der Waals surface area contributed by atoms with Gasteiger partial charge in [-0.25, -0.2) is 19.9 Å². The fourth-order valence-electron chi connectivity index (χ4n) is 4.70. The first-order chi connectivity index (χ1) is 19.9. The lowest BCUT2D eigenvalue weighted by molar-refractivity contribution is 0.0309. The molecule has 2 aliphatic rings. The van der Waals surface area contributed by atoms with Crippen LogP contribution in [0.25, 0.3) is 22.8 Å². The summed E-state index contributed by atoms with van der Waals surface area (Å²) in [5, 5.41) is 21.5. The molecular weight excluding hydrogens is 512 g/mol. The standard InChI is InChI=1S/C19H23N3O2.C14H13N3/c1-19(2,12-23)13-24-22-16-10-6-9-15-11-20-18(21-17(15)16)14-7-4-3-5-8-14;15-12-8-4-7-11-9-16-14(17-13(11)12)10-5-2-1-3-6-10/h3-5,7-8,11,23H,6,9-10,12-13H2,1-2H3;1-3,5-6,9,15H,4,7-8H2/b22-16+;. The van der Waals surface area contributed by atoms with Crippen LogP contribution in [0.4, 0.5) is 0 Å². The van der Waals surface area contributed by atoms with E-state index in [0.717, 1.165) is 83.7 Å². The molecule has 0 saturated carbocycles. The minimum absolute atomic E-state index is 0.0643. The molecule has 0 spiro atoms. The predicted molar refractivity (Wildman–Crippen MR) is 161 cm³/mol. The summed E-state index contributed by atoms with van der Waals surface area (Å²) >= 11 is 0. The Bertz CT molecular complexity index is 1520. The van der Waals surface area contributed by atoms with E-state index in [1.165, 1.54) is 0 Å². The summed E-state index contributed by atoms with van der Waals surface area (Å²) in [6.45, 7) is 4.32. The Morgan fingerprint density at radius 3 is 1.90 bits per heavy atom. The highest BCUT2D eigenvalue weighted by Gasteiger charge is 2.21. The van der Waals surface area contributed by atoms with Gasteiger partial charge in [0.2, 0.25) is 0 Å². The Kier molecular flexibility index (Phi) is 8.89. The quantitative estimate of drug-likeness (QED) is 0.283. The molecule has 8 nitrogen and oxygen atoms in total. The van der Waals surface area contributed by atoms with Crippen molar-refractivity contribution in [2.75, 3.05) is 13.2 Å². The van der Waals surface area contributed by atoms with E-state index in [1.807, 2.05) is 86.9 Å². The highest BCUT2D eigenvalue weighted by atomic mass is 16.6. The van der Waals surface area contributed by atoms with Gasteiger partial charge >= 0.3 is 0 Å². The summed E-state index contributed by atoms with van der Waals surface area (Å²) in [4.78, 5) is 23.6. The lowest BCUT2D eigenvalue weighted by atomic mass is 9.95. The fourth-order valence-corrected chi connectivity index (χ4v) is 4.70. The highest BCUT2D eigenvalue weighted by Crippen LogP contribution is 2.24. The van der Waals surface area contributed by atoms with Gasteiger partial charge in [0.05, 0.1) is 23.7 Å². The van der Waals surface area contributed by atoms with Crippen molar-refractivity contribution in [1.82, 2.24) is 19.9 Å². The largest absolute Gasteiger partial charge is 0.396 e. The molecule has 0 atom stereocenters. The van der Waals surface area contributed by atoms with Gasteiger partial charge in [-0.3, -0.25) is 0 Å². The van der Waals surface area contributed by atoms with Crippen molar-refractivity contribution in [3.8, 4) is 22.8 Å². The van der Waals surface area contributed by atoms with Gasteiger partial charge in [-0.1, -0.05) is 79.7 Å². The number of nitrogens with one attached hydrogen (secondary N) is 1. The van der Waals surface area contributed by atoms with Gasteiger partial charge in [-0.2, -0.15) is 0 Å². The van der Waals surface area contributed by atoms with E-state index in [-0.39, 0.29) is 12.0 Å². The van der Waals surface area contributed by atoms with Crippen LogP contribution in [0.5, 0.6) is 0 Å². The SMILES string of the molecule is CC(C)(CO)CO/N=C1\CCCc2cnc(-c3ccccc3)nc21.N=C1CCCc2cnc(-c3ccccc3)nc21. The Labute approximate surface area is 241 Å². The monoisotopic (exact) mass is 548 g/mol. The van der Waals surface area contributed by atoms with Crippen molar-refractivity contribution in [2.45, 2.75) is 52.4 Å². The zero-order valence-electron chi connectivity index (χ0n) is 23.7. The summed E-state index contributed by atoms with van der Waals surface area (Å²) in [6, 6.07) is 19.9. The van der Waals surface area contributed by atoms with Crippen LogP contribution in [-0.2, 0) is 17.7 Å². The van der Waals surface area contributed by atoms with E-state index < -0.39 is 0 Å². The number of rotatable bonds is 6. The molecule has 0 radical (unpaired) electrons. The van der Waals surface area contributed by atoms with Crippen LogP contribution >= 0.6 is 0 Å². The first-order valence-corrected chi connectivity index (χ1v) is 14.1. The third kappa shape index (κ3) is 7.08.